The Bertz CT molecular complexity index is 172. The topological polar surface area (TPSA) is 66.8 Å². The van der Waals surface area contributed by atoms with Gasteiger partial charge >= 0.3 is 7.82 Å². The van der Waals surface area contributed by atoms with E-state index in [1.165, 1.54) is 0 Å². The Hall–Kier alpha value is 0.980. The van der Waals surface area contributed by atoms with Gasteiger partial charge in [-0.1, -0.05) is 0 Å². The van der Waals surface area contributed by atoms with Gasteiger partial charge in [-0.15, -0.1) is 34.8 Å². The average Bonchev–Trinajstić information content (AvgIpc) is 1.97. The van der Waals surface area contributed by atoms with E-state index in [0.717, 1.165) is 0 Å². The van der Waals surface area contributed by atoms with E-state index >= 15 is 0 Å². The molecule has 8 heteroatoms. The molecule has 0 amide bonds. The van der Waals surface area contributed by atoms with Crippen LogP contribution in [0, 0.1) is 0 Å². The molecular formula is C4H8Cl3O4P. The van der Waals surface area contributed by atoms with Crippen molar-refractivity contribution in [1.29, 1.82) is 0 Å². The molecule has 0 heterocycles. The average molecular weight is 257 g/mol. The molecule has 0 saturated heterocycles. The second-order valence-electron chi connectivity index (χ2n) is 1.97. The summed E-state index contributed by atoms with van der Waals surface area (Å²) in [7, 11) is -4.46. The fourth-order valence-electron chi connectivity index (χ4n) is 0.369. The van der Waals surface area contributed by atoms with Gasteiger partial charge in [-0.2, -0.15) is 0 Å². The SMILES string of the molecule is O=P(O)(O)OCC(Cl)C(Cl)CCl. The predicted octanol–water partition coefficient (Wildman–Crippen LogP) is 1.55. The quantitative estimate of drug-likeness (QED) is 0.579. The first-order chi connectivity index (χ1) is 5.37. The standard InChI is InChI=1S/C4H8Cl3O4P/c5-1-3(6)4(7)2-11-12(8,9)10/h3-4H,1-2H2,(H2,8,9,10). The Morgan fingerprint density at radius 3 is 2.17 bits per heavy atom. The lowest BCUT2D eigenvalue weighted by Gasteiger charge is -2.13. The second kappa shape index (κ2) is 5.66. The van der Waals surface area contributed by atoms with E-state index in [-0.39, 0.29) is 12.5 Å². The van der Waals surface area contributed by atoms with Crippen molar-refractivity contribution in [2.45, 2.75) is 10.8 Å². The molecule has 0 aliphatic heterocycles. The smallest absolute Gasteiger partial charge is 0.303 e. The minimum absolute atomic E-state index is 0.0975. The molecule has 0 aliphatic rings. The maximum atomic E-state index is 10.2. The highest BCUT2D eigenvalue weighted by molar-refractivity contribution is 7.46. The number of hydrogen-bond acceptors (Lipinski definition) is 2. The van der Waals surface area contributed by atoms with E-state index in [1.807, 2.05) is 0 Å². The molecule has 0 spiro atoms. The Labute approximate surface area is 85.0 Å². The van der Waals surface area contributed by atoms with Crippen LogP contribution in [0.15, 0.2) is 0 Å². The van der Waals surface area contributed by atoms with Crippen molar-refractivity contribution in [3.8, 4) is 0 Å². The van der Waals surface area contributed by atoms with Gasteiger partial charge in [0.2, 0.25) is 0 Å². The third-order valence-corrected chi connectivity index (χ3v) is 2.94. The third kappa shape index (κ3) is 6.49. The van der Waals surface area contributed by atoms with Gasteiger partial charge < -0.3 is 9.79 Å². The Balaban J connectivity index is 3.71. The van der Waals surface area contributed by atoms with Gasteiger partial charge in [0, 0.05) is 5.88 Å². The van der Waals surface area contributed by atoms with E-state index in [4.69, 9.17) is 44.6 Å². The van der Waals surface area contributed by atoms with Crippen LogP contribution in [-0.2, 0) is 9.09 Å². The van der Waals surface area contributed by atoms with Crippen LogP contribution in [0.2, 0.25) is 0 Å². The maximum Gasteiger partial charge on any atom is 0.469 e. The van der Waals surface area contributed by atoms with Gasteiger partial charge in [-0.3, -0.25) is 4.52 Å². The molecule has 4 nitrogen and oxygen atoms in total. The largest absolute Gasteiger partial charge is 0.469 e. The van der Waals surface area contributed by atoms with Crippen LogP contribution in [0.25, 0.3) is 0 Å². The summed E-state index contributed by atoms with van der Waals surface area (Å²) in [4.78, 5) is 16.6. The molecule has 0 fully saturated rings. The van der Waals surface area contributed by atoms with Crippen molar-refractivity contribution in [3.63, 3.8) is 0 Å². The number of phosphoric ester groups is 1. The number of halogens is 3. The van der Waals surface area contributed by atoms with E-state index in [1.54, 1.807) is 0 Å². The van der Waals surface area contributed by atoms with Crippen LogP contribution < -0.4 is 0 Å². The van der Waals surface area contributed by atoms with Gasteiger partial charge in [0.25, 0.3) is 0 Å². The summed E-state index contributed by atoms with van der Waals surface area (Å²) in [6, 6.07) is 0. The van der Waals surface area contributed by atoms with Crippen LogP contribution >= 0.6 is 42.6 Å². The van der Waals surface area contributed by atoms with Crippen molar-refractivity contribution >= 4 is 42.6 Å². The molecule has 74 valence electrons. The maximum absolute atomic E-state index is 10.2. The highest BCUT2D eigenvalue weighted by atomic mass is 35.5. The van der Waals surface area contributed by atoms with Crippen LogP contribution in [0.5, 0.6) is 0 Å². The van der Waals surface area contributed by atoms with Crippen molar-refractivity contribution in [2.75, 3.05) is 12.5 Å². The highest BCUT2D eigenvalue weighted by Gasteiger charge is 2.21. The molecule has 0 aromatic rings. The minimum atomic E-state index is -4.46. The van der Waals surface area contributed by atoms with Crippen molar-refractivity contribution in [3.05, 3.63) is 0 Å². The molecule has 2 unspecified atom stereocenters. The lowest BCUT2D eigenvalue weighted by Crippen LogP contribution is -2.21. The van der Waals surface area contributed by atoms with Crippen molar-refractivity contribution in [1.82, 2.24) is 0 Å². The summed E-state index contributed by atoms with van der Waals surface area (Å²) in [5.74, 6) is 0.0975. The summed E-state index contributed by atoms with van der Waals surface area (Å²) in [6.07, 6.45) is 0. The highest BCUT2D eigenvalue weighted by Crippen LogP contribution is 2.36. The minimum Gasteiger partial charge on any atom is -0.303 e. The van der Waals surface area contributed by atoms with E-state index in [2.05, 4.69) is 4.52 Å². The molecule has 0 saturated carbocycles. The molecule has 0 radical (unpaired) electrons. The zero-order chi connectivity index (χ0) is 9.78. The first kappa shape index (κ1) is 13.0. The molecule has 12 heavy (non-hydrogen) atoms. The summed E-state index contributed by atoms with van der Waals surface area (Å²) in [5, 5.41) is -1.28. The Morgan fingerprint density at radius 2 is 1.83 bits per heavy atom. The third-order valence-electron chi connectivity index (χ3n) is 0.942. The van der Waals surface area contributed by atoms with Gasteiger partial charge in [-0.05, 0) is 0 Å². The summed E-state index contributed by atoms with van der Waals surface area (Å²) < 4.78 is 14.3. The van der Waals surface area contributed by atoms with Crippen LogP contribution in [0.4, 0.5) is 0 Å². The zero-order valence-corrected chi connectivity index (χ0v) is 9.02. The fraction of sp³-hybridized carbons (Fsp3) is 1.00. The summed E-state index contributed by atoms with van der Waals surface area (Å²) in [5.41, 5.74) is 0. The molecular weight excluding hydrogens is 249 g/mol. The second-order valence-corrected chi connectivity index (χ2v) is 4.64. The summed E-state index contributed by atoms with van der Waals surface area (Å²) in [6.45, 7) is -0.327. The Kier molecular flexibility index (Phi) is 6.12. The lowest BCUT2D eigenvalue weighted by atomic mass is 10.3. The van der Waals surface area contributed by atoms with Gasteiger partial charge in [0.1, 0.15) is 0 Å². The lowest BCUT2D eigenvalue weighted by molar-refractivity contribution is 0.196. The molecule has 2 N–H and O–H groups in total. The van der Waals surface area contributed by atoms with E-state index in [9.17, 15) is 4.57 Å². The van der Waals surface area contributed by atoms with E-state index in [0.29, 0.717) is 0 Å². The normalized spacial score (nSPS) is 17.4. The van der Waals surface area contributed by atoms with Gasteiger partial charge in [-0.25, -0.2) is 4.57 Å². The molecule has 0 aliphatic carbocycles. The van der Waals surface area contributed by atoms with Crippen LogP contribution in [0.3, 0.4) is 0 Å². The number of rotatable bonds is 5. The van der Waals surface area contributed by atoms with Crippen molar-refractivity contribution < 1.29 is 18.9 Å². The summed E-state index contributed by atoms with van der Waals surface area (Å²) >= 11 is 16.4. The predicted molar refractivity (Wildman–Crippen MR) is 48.0 cm³/mol. The molecule has 0 aromatic heterocycles. The van der Waals surface area contributed by atoms with Crippen LogP contribution in [-0.4, -0.2) is 33.0 Å². The molecule has 0 rings (SSSR count). The molecule has 0 aromatic carbocycles. The van der Waals surface area contributed by atoms with Crippen molar-refractivity contribution in [2.24, 2.45) is 0 Å². The van der Waals surface area contributed by atoms with Crippen LogP contribution in [0.1, 0.15) is 0 Å². The monoisotopic (exact) mass is 256 g/mol. The first-order valence-electron chi connectivity index (χ1n) is 2.91. The first-order valence-corrected chi connectivity index (χ1v) is 5.85. The van der Waals surface area contributed by atoms with Gasteiger partial charge in [0.15, 0.2) is 0 Å². The fourth-order valence-corrected chi connectivity index (χ4v) is 1.34. The number of hydrogen-bond donors (Lipinski definition) is 2. The Morgan fingerprint density at radius 1 is 1.33 bits per heavy atom. The van der Waals surface area contributed by atoms with Gasteiger partial charge in [0.05, 0.1) is 17.4 Å². The zero-order valence-electron chi connectivity index (χ0n) is 5.86. The number of alkyl halides is 3. The van der Waals surface area contributed by atoms with E-state index < -0.39 is 18.6 Å². The molecule has 0 bridgehead atoms. The molecule has 2 atom stereocenters. The number of phosphoric acid groups is 1.